The van der Waals surface area contributed by atoms with E-state index in [2.05, 4.69) is 68.4 Å². The van der Waals surface area contributed by atoms with E-state index in [-0.39, 0.29) is 5.41 Å². The summed E-state index contributed by atoms with van der Waals surface area (Å²) < 4.78 is 0. The smallest absolute Gasteiger partial charge is 0.164 e. The average molecular weight is 534 g/mol. The van der Waals surface area contributed by atoms with E-state index in [0.717, 1.165) is 32.7 Å². The highest BCUT2D eigenvalue weighted by Gasteiger charge is 2.35. The van der Waals surface area contributed by atoms with Gasteiger partial charge in [-0.1, -0.05) is 111 Å². The van der Waals surface area contributed by atoms with Crippen LogP contribution in [0.15, 0.2) is 126 Å². The Morgan fingerprint density at radius 3 is 1.62 bits per heavy atom. The minimum Gasteiger partial charge on any atom is -0.208 e. The molecule has 4 heteroatoms. The van der Waals surface area contributed by atoms with Gasteiger partial charge in [-0.3, -0.25) is 0 Å². The molecule has 1 heterocycles. The van der Waals surface area contributed by atoms with E-state index >= 15 is 0 Å². The van der Waals surface area contributed by atoms with Crippen LogP contribution in [-0.4, -0.2) is 15.0 Å². The van der Waals surface area contributed by atoms with Gasteiger partial charge in [-0.2, -0.15) is 0 Å². The van der Waals surface area contributed by atoms with Gasteiger partial charge in [0, 0.05) is 27.0 Å². The molecule has 6 aromatic rings. The van der Waals surface area contributed by atoms with Crippen molar-refractivity contribution in [2.75, 3.05) is 0 Å². The van der Waals surface area contributed by atoms with E-state index in [1.54, 1.807) is 0 Å². The minimum absolute atomic E-state index is 0.0628. The Morgan fingerprint density at radius 2 is 0.975 bits per heavy atom. The molecular weight excluding hydrogens is 506 g/mol. The van der Waals surface area contributed by atoms with Gasteiger partial charge in [0.25, 0.3) is 0 Å². The fourth-order valence-electron chi connectivity index (χ4n) is 5.73. The van der Waals surface area contributed by atoms with E-state index in [0.29, 0.717) is 17.5 Å². The lowest BCUT2D eigenvalue weighted by Gasteiger charge is -2.22. The lowest BCUT2D eigenvalue weighted by Crippen LogP contribution is -2.14. The summed E-state index contributed by atoms with van der Waals surface area (Å²) in [5.74, 6) is 1.92. The van der Waals surface area contributed by atoms with Crippen molar-refractivity contribution in [3.63, 3.8) is 0 Å². The zero-order valence-corrected chi connectivity index (χ0v) is 23.2. The van der Waals surface area contributed by atoms with Crippen LogP contribution in [0.4, 0.5) is 0 Å². The average Bonchev–Trinajstić information content (AvgIpc) is 3.23. The van der Waals surface area contributed by atoms with E-state index in [1.807, 2.05) is 66.7 Å². The van der Waals surface area contributed by atoms with E-state index in [9.17, 15) is 0 Å². The predicted molar refractivity (Wildman–Crippen MR) is 166 cm³/mol. The Kier molecular flexibility index (Phi) is 5.87. The summed E-state index contributed by atoms with van der Waals surface area (Å²) in [5.41, 5.74) is 10.3. The Labute approximate surface area is 240 Å². The zero-order chi connectivity index (χ0) is 27.3. The molecular formula is C36H27N3S. The number of hydrogen-bond acceptors (Lipinski definition) is 4. The van der Waals surface area contributed by atoms with Gasteiger partial charge in [-0.25, -0.2) is 15.0 Å². The molecule has 0 atom stereocenters. The fourth-order valence-corrected chi connectivity index (χ4v) is 6.01. The highest BCUT2D eigenvalue weighted by molar-refractivity contribution is 7.80. The lowest BCUT2D eigenvalue weighted by molar-refractivity contribution is 0.660. The number of benzene rings is 5. The molecule has 0 amide bonds. The van der Waals surface area contributed by atoms with Crippen LogP contribution < -0.4 is 0 Å². The first-order valence-corrected chi connectivity index (χ1v) is 13.9. The van der Waals surface area contributed by atoms with Crippen molar-refractivity contribution < 1.29 is 0 Å². The van der Waals surface area contributed by atoms with Crippen molar-refractivity contribution in [3.8, 4) is 56.4 Å². The molecule has 40 heavy (non-hydrogen) atoms. The summed E-state index contributed by atoms with van der Waals surface area (Å²) in [5, 5.41) is 0. The van der Waals surface area contributed by atoms with Crippen molar-refractivity contribution in [3.05, 3.63) is 132 Å². The SMILES string of the molecule is CC1(C)c2ccccc2-c2ccc(-c3cc(S)cc(-c4nc(-c5ccccc5)nc(-c5ccccc5)n4)c3)cc21. The van der Waals surface area contributed by atoms with Gasteiger partial charge in [0.2, 0.25) is 0 Å². The first-order chi connectivity index (χ1) is 19.5. The summed E-state index contributed by atoms with van der Waals surface area (Å²) in [6, 6.07) is 41.9. The Hall–Kier alpha value is -4.54. The molecule has 7 rings (SSSR count). The Balaban J connectivity index is 1.36. The van der Waals surface area contributed by atoms with Crippen LogP contribution in [0.1, 0.15) is 25.0 Å². The summed E-state index contributed by atoms with van der Waals surface area (Å²) in [4.78, 5) is 15.6. The molecule has 0 bridgehead atoms. The normalized spacial score (nSPS) is 13.1. The topological polar surface area (TPSA) is 38.7 Å². The van der Waals surface area contributed by atoms with Crippen molar-refractivity contribution in [2.24, 2.45) is 0 Å². The van der Waals surface area contributed by atoms with Crippen molar-refractivity contribution in [1.82, 2.24) is 15.0 Å². The molecule has 3 nitrogen and oxygen atoms in total. The molecule has 0 fully saturated rings. The van der Waals surface area contributed by atoms with Crippen LogP contribution in [0, 0.1) is 0 Å². The molecule has 5 aromatic carbocycles. The molecule has 1 aliphatic carbocycles. The van der Waals surface area contributed by atoms with Crippen LogP contribution in [0.5, 0.6) is 0 Å². The first-order valence-electron chi connectivity index (χ1n) is 13.4. The number of aromatic nitrogens is 3. The Morgan fingerprint density at radius 1 is 0.450 bits per heavy atom. The maximum Gasteiger partial charge on any atom is 0.164 e. The third kappa shape index (κ3) is 4.21. The molecule has 0 saturated carbocycles. The number of thiol groups is 1. The summed E-state index contributed by atoms with van der Waals surface area (Å²) in [7, 11) is 0. The maximum absolute atomic E-state index is 4.93. The van der Waals surface area contributed by atoms with Crippen LogP contribution in [0.3, 0.4) is 0 Å². The minimum atomic E-state index is -0.0628. The number of nitrogens with zero attached hydrogens (tertiary/aromatic N) is 3. The fraction of sp³-hybridized carbons (Fsp3) is 0.0833. The van der Waals surface area contributed by atoms with Crippen LogP contribution in [0.25, 0.3) is 56.4 Å². The zero-order valence-electron chi connectivity index (χ0n) is 22.3. The number of fused-ring (bicyclic) bond motifs is 3. The quantitative estimate of drug-likeness (QED) is 0.230. The highest BCUT2D eigenvalue weighted by Crippen LogP contribution is 2.49. The van der Waals surface area contributed by atoms with Gasteiger partial charge in [-0.05, 0) is 57.6 Å². The molecule has 0 radical (unpaired) electrons. The van der Waals surface area contributed by atoms with Gasteiger partial charge in [0.05, 0.1) is 0 Å². The molecule has 0 unspecified atom stereocenters. The summed E-state index contributed by atoms with van der Waals surface area (Å²) in [6.45, 7) is 4.62. The van der Waals surface area contributed by atoms with Gasteiger partial charge in [0.15, 0.2) is 17.5 Å². The van der Waals surface area contributed by atoms with Crippen LogP contribution >= 0.6 is 12.6 Å². The summed E-state index contributed by atoms with van der Waals surface area (Å²) >= 11 is 4.80. The van der Waals surface area contributed by atoms with E-state index < -0.39 is 0 Å². The predicted octanol–water partition coefficient (Wildman–Crippen LogP) is 9.13. The van der Waals surface area contributed by atoms with Crippen LogP contribution in [0.2, 0.25) is 0 Å². The first kappa shape index (κ1) is 24.5. The molecule has 0 spiro atoms. The molecule has 0 aliphatic heterocycles. The van der Waals surface area contributed by atoms with Gasteiger partial charge < -0.3 is 0 Å². The monoisotopic (exact) mass is 533 g/mol. The molecule has 0 N–H and O–H groups in total. The Bertz CT molecular complexity index is 1820. The number of hydrogen-bond donors (Lipinski definition) is 1. The molecule has 192 valence electrons. The van der Waals surface area contributed by atoms with E-state index in [4.69, 9.17) is 27.6 Å². The molecule has 0 saturated heterocycles. The molecule has 1 aromatic heterocycles. The third-order valence-electron chi connectivity index (χ3n) is 7.79. The van der Waals surface area contributed by atoms with Crippen molar-refractivity contribution in [1.29, 1.82) is 0 Å². The van der Waals surface area contributed by atoms with Crippen molar-refractivity contribution >= 4 is 12.6 Å². The van der Waals surface area contributed by atoms with Gasteiger partial charge in [-0.15, -0.1) is 12.6 Å². The van der Waals surface area contributed by atoms with Gasteiger partial charge >= 0.3 is 0 Å². The second kappa shape index (κ2) is 9.58. The standard InChI is InChI=1S/C36H27N3S/c1-36(2)31-16-10-9-15-29(31)30-18-17-25(22-32(30)36)26-19-27(21-28(40)20-26)35-38-33(23-11-5-3-6-12-23)37-34(39-35)24-13-7-4-8-14-24/h3-22,40H,1-2H3. The maximum atomic E-state index is 4.93. The molecule has 1 aliphatic rings. The lowest BCUT2D eigenvalue weighted by atomic mass is 9.81. The number of rotatable bonds is 4. The highest BCUT2D eigenvalue weighted by atomic mass is 32.1. The second-order valence-corrected chi connectivity index (χ2v) is 11.3. The summed E-state index contributed by atoms with van der Waals surface area (Å²) in [6.07, 6.45) is 0. The van der Waals surface area contributed by atoms with Crippen molar-refractivity contribution in [2.45, 2.75) is 24.2 Å². The van der Waals surface area contributed by atoms with E-state index in [1.165, 1.54) is 22.3 Å². The largest absolute Gasteiger partial charge is 0.208 e. The third-order valence-corrected chi connectivity index (χ3v) is 8.05. The second-order valence-electron chi connectivity index (χ2n) is 10.7. The van der Waals surface area contributed by atoms with Gasteiger partial charge in [0.1, 0.15) is 0 Å². The van der Waals surface area contributed by atoms with Crippen LogP contribution in [-0.2, 0) is 5.41 Å².